The Bertz CT molecular complexity index is 315. The highest BCUT2D eigenvalue weighted by Crippen LogP contribution is 2.25. The lowest BCUT2D eigenvalue weighted by Crippen LogP contribution is -2.35. The van der Waals surface area contributed by atoms with Gasteiger partial charge < -0.3 is 9.64 Å². The Balaban J connectivity index is 1.84. The minimum atomic E-state index is 0.618. The number of likely N-dealkylation sites (tertiary alicyclic amines) is 1. The summed E-state index contributed by atoms with van der Waals surface area (Å²) in [4.78, 5) is 7.03. The molecule has 1 unspecified atom stereocenters. The second-order valence-corrected chi connectivity index (χ2v) is 4.74. The van der Waals surface area contributed by atoms with Crippen LogP contribution in [0, 0.1) is 0 Å². The van der Waals surface area contributed by atoms with Gasteiger partial charge in [-0.25, -0.2) is 0 Å². The van der Waals surface area contributed by atoms with E-state index in [1.807, 2.05) is 12.3 Å². The van der Waals surface area contributed by atoms with E-state index in [0.717, 1.165) is 26.1 Å². The predicted molar refractivity (Wildman–Crippen MR) is 69.1 cm³/mol. The first-order valence-electron chi connectivity index (χ1n) is 6.52. The molecule has 1 aliphatic rings. The molecule has 0 aromatic carbocycles. The van der Waals surface area contributed by atoms with Crippen molar-refractivity contribution in [3.63, 3.8) is 0 Å². The Labute approximate surface area is 104 Å². The zero-order chi connectivity index (χ0) is 11.9. The lowest BCUT2D eigenvalue weighted by atomic mass is 9.94. The van der Waals surface area contributed by atoms with Crippen LogP contribution in [-0.2, 0) is 4.74 Å². The van der Waals surface area contributed by atoms with Crippen LogP contribution >= 0.6 is 0 Å². The van der Waals surface area contributed by atoms with E-state index in [1.54, 1.807) is 7.11 Å². The summed E-state index contributed by atoms with van der Waals surface area (Å²) in [6.07, 6.45) is 5.59. The highest BCUT2D eigenvalue weighted by atomic mass is 16.5. The molecule has 0 spiro atoms. The standard InChI is InChI=1S/C14H22N2O/c1-17-11-5-10-16-9-4-6-13(12-16)14-7-2-3-8-15-14/h2-3,7-8,13H,4-6,9-12H2,1H3. The summed E-state index contributed by atoms with van der Waals surface area (Å²) in [5, 5.41) is 0. The van der Waals surface area contributed by atoms with Gasteiger partial charge in [-0.2, -0.15) is 0 Å². The Morgan fingerprint density at radius 2 is 2.41 bits per heavy atom. The van der Waals surface area contributed by atoms with E-state index in [2.05, 4.69) is 22.0 Å². The largest absolute Gasteiger partial charge is 0.385 e. The number of piperidine rings is 1. The van der Waals surface area contributed by atoms with Gasteiger partial charge in [0.25, 0.3) is 0 Å². The van der Waals surface area contributed by atoms with Crippen LogP contribution in [0.1, 0.15) is 30.9 Å². The van der Waals surface area contributed by atoms with Crippen molar-refractivity contribution in [3.8, 4) is 0 Å². The Morgan fingerprint density at radius 1 is 1.47 bits per heavy atom. The van der Waals surface area contributed by atoms with Crippen LogP contribution in [0.2, 0.25) is 0 Å². The second-order valence-electron chi connectivity index (χ2n) is 4.74. The van der Waals surface area contributed by atoms with Gasteiger partial charge in [-0.15, -0.1) is 0 Å². The molecule has 0 saturated carbocycles. The Kier molecular flexibility index (Phi) is 4.95. The molecular formula is C14H22N2O. The number of aromatic nitrogens is 1. The fourth-order valence-electron chi connectivity index (χ4n) is 2.55. The molecule has 0 bridgehead atoms. The van der Waals surface area contributed by atoms with Crippen molar-refractivity contribution in [1.82, 2.24) is 9.88 Å². The number of pyridine rings is 1. The second kappa shape index (κ2) is 6.72. The van der Waals surface area contributed by atoms with Crippen LogP contribution < -0.4 is 0 Å². The first-order valence-corrected chi connectivity index (χ1v) is 6.52. The summed E-state index contributed by atoms with van der Waals surface area (Å²) < 4.78 is 5.11. The third-order valence-corrected chi connectivity index (χ3v) is 3.43. The van der Waals surface area contributed by atoms with Crippen molar-refractivity contribution in [2.45, 2.75) is 25.2 Å². The average molecular weight is 234 g/mol. The molecule has 0 amide bonds. The van der Waals surface area contributed by atoms with E-state index >= 15 is 0 Å². The van der Waals surface area contributed by atoms with Gasteiger partial charge in [0, 0.05) is 44.6 Å². The van der Waals surface area contributed by atoms with Crippen molar-refractivity contribution in [1.29, 1.82) is 0 Å². The van der Waals surface area contributed by atoms with Crippen LogP contribution in [0.3, 0.4) is 0 Å². The molecule has 0 radical (unpaired) electrons. The zero-order valence-corrected chi connectivity index (χ0v) is 10.6. The molecule has 1 aromatic rings. The van der Waals surface area contributed by atoms with Gasteiger partial charge >= 0.3 is 0 Å². The number of hydrogen-bond acceptors (Lipinski definition) is 3. The van der Waals surface area contributed by atoms with Crippen LogP contribution in [0.15, 0.2) is 24.4 Å². The molecule has 94 valence electrons. The van der Waals surface area contributed by atoms with E-state index in [1.165, 1.54) is 25.1 Å². The first kappa shape index (κ1) is 12.5. The fraction of sp³-hybridized carbons (Fsp3) is 0.643. The maximum absolute atomic E-state index is 5.11. The molecule has 0 aliphatic carbocycles. The topological polar surface area (TPSA) is 25.4 Å². The van der Waals surface area contributed by atoms with Crippen molar-refractivity contribution < 1.29 is 4.74 Å². The van der Waals surface area contributed by atoms with Gasteiger partial charge in [0.05, 0.1) is 0 Å². The van der Waals surface area contributed by atoms with Gasteiger partial charge in [0.15, 0.2) is 0 Å². The molecule has 3 heteroatoms. The lowest BCUT2D eigenvalue weighted by molar-refractivity contribution is 0.155. The van der Waals surface area contributed by atoms with Gasteiger partial charge in [-0.05, 0) is 37.9 Å². The predicted octanol–water partition coefficient (Wildman–Crippen LogP) is 2.30. The van der Waals surface area contributed by atoms with E-state index < -0.39 is 0 Å². The number of nitrogens with zero attached hydrogens (tertiary/aromatic N) is 2. The molecule has 1 aromatic heterocycles. The molecule has 3 nitrogen and oxygen atoms in total. The molecule has 2 rings (SSSR count). The number of ether oxygens (including phenoxy) is 1. The smallest absolute Gasteiger partial charge is 0.0474 e. The van der Waals surface area contributed by atoms with Crippen LogP contribution in [0.25, 0.3) is 0 Å². The molecule has 1 saturated heterocycles. The molecule has 0 N–H and O–H groups in total. The van der Waals surface area contributed by atoms with Crippen molar-refractivity contribution in [2.75, 3.05) is 33.4 Å². The Hall–Kier alpha value is -0.930. The monoisotopic (exact) mass is 234 g/mol. The number of rotatable bonds is 5. The normalized spacial score (nSPS) is 21.6. The molecule has 1 aliphatic heterocycles. The SMILES string of the molecule is COCCCN1CCCC(c2ccccn2)C1. The quantitative estimate of drug-likeness (QED) is 0.731. The molecule has 1 fully saturated rings. The van der Waals surface area contributed by atoms with Gasteiger partial charge in [0.2, 0.25) is 0 Å². The summed E-state index contributed by atoms with van der Waals surface area (Å²) >= 11 is 0. The van der Waals surface area contributed by atoms with Crippen molar-refractivity contribution in [3.05, 3.63) is 30.1 Å². The van der Waals surface area contributed by atoms with E-state index in [0.29, 0.717) is 5.92 Å². The zero-order valence-electron chi connectivity index (χ0n) is 10.6. The molecular weight excluding hydrogens is 212 g/mol. The summed E-state index contributed by atoms with van der Waals surface area (Å²) in [5.74, 6) is 0.618. The lowest BCUT2D eigenvalue weighted by Gasteiger charge is -2.32. The summed E-state index contributed by atoms with van der Waals surface area (Å²) in [6.45, 7) is 4.40. The first-order chi connectivity index (χ1) is 8.40. The van der Waals surface area contributed by atoms with Crippen molar-refractivity contribution >= 4 is 0 Å². The summed E-state index contributed by atoms with van der Waals surface area (Å²) in [7, 11) is 1.77. The molecule has 1 atom stereocenters. The van der Waals surface area contributed by atoms with Crippen LogP contribution in [0.4, 0.5) is 0 Å². The summed E-state index contributed by atoms with van der Waals surface area (Å²) in [5.41, 5.74) is 1.25. The Morgan fingerprint density at radius 3 is 3.18 bits per heavy atom. The third kappa shape index (κ3) is 3.79. The highest BCUT2D eigenvalue weighted by Gasteiger charge is 2.21. The van der Waals surface area contributed by atoms with E-state index in [9.17, 15) is 0 Å². The van der Waals surface area contributed by atoms with Gasteiger partial charge in [0.1, 0.15) is 0 Å². The van der Waals surface area contributed by atoms with Crippen LogP contribution in [-0.4, -0.2) is 43.2 Å². The minimum Gasteiger partial charge on any atom is -0.385 e. The van der Waals surface area contributed by atoms with Gasteiger partial charge in [-0.1, -0.05) is 6.07 Å². The van der Waals surface area contributed by atoms with Gasteiger partial charge in [-0.3, -0.25) is 4.98 Å². The number of methoxy groups -OCH3 is 1. The fourth-order valence-corrected chi connectivity index (χ4v) is 2.55. The highest BCUT2D eigenvalue weighted by molar-refractivity contribution is 5.10. The average Bonchev–Trinajstić information content (AvgIpc) is 2.41. The third-order valence-electron chi connectivity index (χ3n) is 3.43. The maximum Gasteiger partial charge on any atom is 0.0474 e. The molecule has 2 heterocycles. The van der Waals surface area contributed by atoms with Crippen molar-refractivity contribution in [2.24, 2.45) is 0 Å². The van der Waals surface area contributed by atoms with Crippen LogP contribution in [0.5, 0.6) is 0 Å². The van der Waals surface area contributed by atoms with E-state index in [-0.39, 0.29) is 0 Å². The van der Waals surface area contributed by atoms with E-state index in [4.69, 9.17) is 4.74 Å². The maximum atomic E-state index is 5.11. The minimum absolute atomic E-state index is 0.618. The number of hydrogen-bond donors (Lipinski definition) is 0. The summed E-state index contributed by atoms with van der Waals surface area (Å²) in [6, 6.07) is 6.23. The molecule has 17 heavy (non-hydrogen) atoms.